The molecule has 1 aliphatic rings. The molecule has 1 nitrogen and oxygen atoms in total. The van der Waals surface area contributed by atoms with Crippen LogP contribution in [-0.2, 0) is 17.6 Å². The zero-order chi connectivity index (χ0) is 12.8. The van der Waals surface area contributed by atoms with Crippen molar-refractivity contribution in [3.05, 3.63) is 35.4 Å². The molecule has 0 spiro atoms. The Morgan fingerprint density at radius 1 is 1.06 bits per heavy atom. The second-order valence-electron chi connectivity index (χ2n) is 5.50. The van der Waals surface area contributed by atoms with E-state index in [0.29, 0.717) is 5.78 Å². The molecule has 0 aliphatic heterocycles. The third-order valence-electron chi connectivity index (χ3n) is 4.03. The van der Waals surface area contributed by atoms with Crippen molar-refractivity contribution in [1.82, 2.24) is 0 Å². The first-order valence-corrected chi connectivity index (χ1v) is 7.40. The van der Waals surface area contributed by atoms with Crippen LogP contribution >= 0.6 is 0 Å². The molecule has 18 heavy (non-hydrogen) atoms. The van der Waals surface area contributed by atoms with Gasteiger partial charge in [0.15, 0.2) is 0 Å². The highest BCUT2D eigenvalue weighted by atomic mass is 16.1. The predicted molar refractivity (Wildman–Crippen MR) is 75.7 cm³/mol. The van der Waals surface area contributed by atoms with E-state index in [1.54, 1.807) is 0 Å². The summed E-state index contributed by atoms with van der Waals surface area (Å²) in [7, 11) is 0. The molecule has 2 rings (SSSR count). The number of carbonyl (C=O) groups excluding carboxylic acids is 1. The summed E-state index contributed by atoms with van der Waals surface area (Å²) in [6, 6.07) is 8.50. The first-order valence-electron chi connectivity index (χ1n) is 7.40. The van der Waals surface area contributed by atoms with Gasteiger partial charge in [-0.3, -0.25) is 4.79 Å². The summed E-state index contributed by atoms with van der Waals surface area (Å²) in [4.78, 5) is 12.1. The summed E-state index contributed by atoms with van der Waals surface area (Å²) in [5.41, 5.74) is 2.78. The number of hydrogen-bond donors (Lipinski definition) is 0. The summed E-state index contributed by atoms with van der Waals surface area (Å²) >= 11 is 0. The topological polar surface area (TPSA) is 17.1 Å². The van der Waals surface area contributed by atoms with E-state index in [1.807, 2.05) is 0 Å². The maximum atomic E-state index is 12.1. The van der Waals surface area contributed by atoms with Gasteiger partial charge < -0.3 is 0 Å². The molecule has 0 bridgehead atoms. The smallest absolute Gasteiger partial charge is 0.136 e. The maximum Gasteiger partial charge on any atom is 0.136 e. The standard InChI is InChI=1S/C17H24O/c1-2-3-4-5-6-11-17(18)16-12-14-9-7-8-10-15(14)13-16/h7-10,16H,2-6,11-13H2,1H3. The van der Waals surface area contributed by atoms with Gasteiger partial charge in [0.1, 0.15) is 5.78 Å². The van der Waals surface area contributed by atoms with Crippen molar-refractivity contribution in [3.63, 3.8) is 0 Å². The fourth-order valence-electron chi connectivity index (χ4n) is 2.89. The number of carbonyl (C=O) groups is 1. The highest BCUT2D eigenvalue weighted by Crippen LogP contribution is 2.28. The number of hydrogen-bond acceptors (Lipinski definition) is 1. The van der Waals surface area contributed by atoms with Crippen molar-refractivity contribution < 1.29 is 4.79 Å². The maximum absolute atomic E-state index is 12.1. The number of rotatable bonds is 7. The number of fused-ring (bicyclic) bond motifs is 1. The second kappa shape index (κ2) is 6.72. The first kappa shape index (κ1) is 13.3. The first-order chi connectivity index (χ1) is 8.81. The summed E-state index contributed by atoms with van der Waals surface area (Å²) in [5.74, 6) is 0.760. The van der Waals surface area contributed by atoms with Crippen molar-refractivity contribution >= 4 is 5.78 Å². The summed E-state index contributed by atoms with van der Waals surface area (Å²) < 4.78 is 0. The van der Waals surface area contributed by atoms with Gasteiger partial charge in [0.2, 0.25) is 0 Å². The third kappa shape index (κ3) is 3.44. The lowest BCUT2D eigenvalue weighted by Crippen LogP contribution is -2.14. The van der Waals surface area contributed by atoms with Gasteiger partial charge in [-0.15, -0.1) is 0 Å². The number of Topliss-reactive ketones (excluding diaryl/α,β-unsaturated/α-hetero) is 1. The van der Waals surface area contributed by atoms with E-state index >= 15 is 0 Å². The van der Waals surface area contributed by atoms with Crippen LogP contribution in [0.2, 0.25) is 0 Å². The molecule has 0 fully saturated rings. The van der Waals surface area contributed by atoms with Crippen LogP contribution in [0.3, 0.4) is 0 Å². The molecule has 1 aromatic rings. The number of unbranched alkanes of at least 4 members (excludes halogenated alkanes) is 4. The monoisotopic (exact) mass is 244 g/mol. The highest BCUT2D eigenvalue weighted by molar-refractivity contribution is 5.82. The van der Waals surface area contributed by atoms with Crippen LogP contribution in [0, 0.1) is 5.92 Å². The Bertz CT molecular complexity index is 369. The average molecular weight is 244 g/mol. The van der Waals surface area contributed by atoms with Crippen molar-refractivity contribution in [1.29, 1.82) is 0 Å². The van der Waals surface area contributed by atoms with E-state index in [-0.39, 0.29) is 5.92 Å². The fourth-order valence-corrected chi connectivity index (χ4v) is 2.89. The molecule has 0 aromatic heterocycles. The molecule has 0 saturated carbocycles. The molecule has 0 amide bonds. The Morgan fingerprint density at radius 2 is 1.67 bits per heavy atom. The predicted octanol–water partition coefficient (Wildman–Crippen LogP) is 4.33. The Morgan fingerprint density at radius 3 is 2.28 bits per heavy atom. The zero-order valence-corrected chi connectivity index (χ0v) is 11.5. The van der Waals surface area contributed by atoms with Crippen molar-refractivity contribution in [2.24, 2.45) is 5.92 Å². The van der Waals surface area contributed by atoms with E-state index in [0.717, 1.165) is 25.7 Å². The van der Waals surface area contributed by atoms with E-state index < -0.39 is 0 Å². The van der Waals surface area contributed by atoms with E-state index in [2.05, 4.69) is 31.2 Å². The number of benzene rings is 1. The van der Waals surface area contributed by atoms with Crippen molar-refractivity contribution in [3.8, 4) is 0 Å². The summed E-state index contributed by atoms with van der Waals surface area (Å²) in [6.45, 7) is 2.22. The molecular formula is C17H24O. The van der Waals surface area contributed by atoms with E-state index in [9.17, 15) is 4.79 Å². The van der Waals surface area contributed by atoms with Gasteiger partial charge in [0.05, 0.1) is 0 Å². The molecule has 0 saturated heterocycles. The van der Waals surface area contributed by atoms with Gasteiger partial charge >= 0.3 is 0 Å². The molecule has 0 heterocycles. The van der Waals surface area contributed by atoms with Crippen LogP contribution in [0.5, 0.6) is 0 Å². The Balaban J connectivity index is 1.72. The minimum atomic E-state index is 0.272. The quantitative estimate of drug-likeness (QED) is 0.652. The molecule has 0 radical (unpaired) electrons. The minimum absolute atomic E-state index is 0.272. The summed E-state index contributed by atoms with van der Waals surface area (Å²) in [5, 5.41) is 0. The Kier molecular flexibility index (Phi) is 4.98. The Labute approximate surface area is 111 Å². The number of ketones is 1. The Hall–Kier alpha value is -1.11. The van der Waals surface area contributed by atoms with Crippen LogP contribution < -0.4 is 0 Å². The molecule has 1 heteroatoms. The van der Waals surface area contributed by atoms with Gasteiger partial charge in [-0.1, -0.05) is 56.9 Å². The van der Waals surface area contributed by atoms with Crippen LogP contribution in [-0.4, -0.2) is 5.78 Å². The normalized spacial score (nSPS) is 14.7. The summed E-state index contributed by atoms with van der Waals surface area (Å²) in [6.07, 6.45) is 8.92. The molecule has 1 aromatic carbocycles. The molecule has 0 atom stereocenters. The SMILES string of the molecule is CCCCCCCC(=O)C1Cc2ccccc2C1. The van der Waals surface area contributed by atoms with Gasteiger partial charge in [0.25, 0.3) is 0 Å². The van der Waals surface area contributed by atoms with Gasteiger partial charge in [-0.05, 0) is 30.4 Å². The molecule has 98 valence electrons. The third-order valence-corrected chi connectivity index (χ3v) is 4.03. The van der Waals surface area contributed by atoms with Crippen LogP contribution in [0.1, 0.15) is 56.6 Å². The van der Waals surface area contributed by atoms with Crippen LogP contribution in [0.4, 0.5) is 0 Å². The van der Waals surface area contributed by atoms with Gasteiger partial charge in [0, 0.05) is 12.3 Å². The lowest BCUT2D eigenvalue weighted by Gasteiger charge is -2.07. The van der Waals surface area contributed by atoms with E-state index in [1.165, 1.54) is 36.8 Å². The van der Waals surface area contributed by atoms with E-state index in [4.69, 9.17) is 0 Å². The lowest BCUT2D eigenvalue weighted by molar-refractivity contribution is -0.122. The lowest BCUT2D eigenvalue weighted by atomic mass is 9.96. The second-order valence-corrected chi connectivity index (χ2v) is 5.50. The van der Waals surface area contributed by atoms with Crippen molar-refractivity contribution in [2.45, 2.75) is 58.3 Å². The molecule has 1 aliphatic carbocycles. The van der Waals surface area contributed by atoms with Gasteiger partial charge in [-0.25, -0.2) is 0 Å². The fraction of sp³-hybridized carbons (Fsp3) is 0.588. The largest absolute Gasteiger partial charge is 0.299 e. The molecular weight excluding hydrogens is 220 g/mol. The highest BCUT2D eigenvalue weighted by Gasteiger charge is 2.26. The van der Waals surface area contributed by atoms with Crippen molar-refractivity contribution in [2.75, 3.05) is 0 Å². The zero-order valence-electron chi connectivity index (χ0n) is 11.5. The minimum Gasteiger partial charge on any atom is -0.299 e. The van der Waals surface area contributed by atoms with Crippen LogP contribution in [0.25, 0.3) is 0 Å². The average Bonchev–Trinajstić information content (AvgIpc) is 2.82. The van der Waals surface area contributed by atoms with Gasteiger partial charge in [-0.2, -0.15) is 0 Å². The molecule has 0 N–H and O–H groups in total. The van der Waals surface area contributed by atoms with Crippen LogP contribution in [0.15, 0.2) is 24.3 Å². The molecule has 0 unspecified atom stereocenters.